The van der Waals surface area contributed by atoms with E-state index < -0.39 is 0 Å². The van der Waals surface area contributed by atoms with Gasteiger partial charge in [-0.15, -0.1) is 0 Å². The van der Waals surface area contributed by atoms with Gasteiger partial charge in [-0.2, -0.15) is 0 Å². The van der Waals surface area contributed by atoms with Crippen LogP contribution in [0.25, 0.3) is 0 Å². The highest BCUT2D eigenvalue weighted by Crippen LogP contribution is 2.21. The SMILES string of the molecule is Cc1occc1C(=O)N1CCCC(C(=O)NCCCN2CCCCC2C)C1. The number of carbonyl (C=O) groups is 2. The van der Waals surface area contributed by atoms with Gasteiger partial charge in [-0.05, 0) is 58.6 Å². The largest absolute Gasteiger partial charge is 0.469 e. The molecule has 3 heterocycles. The van der Waals surface area contributed by atoms with E-state index in [1.165, 1.54) is 25.8 Å². The molecule has 0 radical (unpaired) electrons. The van der Waals surface area contributed by atoms with Gasteiger partial charge in [0, 0.05) is 32.2 Å². The summed E-state index contributed by atoms with van der Waals surface area (Å²) >= 11 is 0. The first kappa shape index (κ1) is 19.9. The molecule has 0 saturated carbocycles. The topological polar surface area (TPSA) is 65.8 Å². The molecule has 27 heavy (non-hydrogen) atoms. The normalized spacial score (nSPS) is 24.0. The number of hydrogen-bond acceptors (Lipinski definition) is 4. The Morgan fingerprint density at radius 2 is 2.07 bits per heavy atom. The summed E-state index contributed by atoms with van der Waals surface area (Å²) in [6, 6.07) is 2.38. The molecule has 2 amide bonds. The molecule has 0 bridgehead atoms. The molecule has 2 fully saturated rings. The van der Waals surface area contributed by atoms with Gasteiger partial charge in [0.25, 0.3) is 5.91 Å². The van der Waals surface area contributed by atoms with Crippen molar-refractivity contribution in [1.29, 1.82) is 0 Å². The molecule has 6 nitrogen and oxygen atoms in total. The monoisotopic (exact) mass is 375 g/mol. The second kappa shape index (κ2) is 9.40. The van der Waals surface area contributed by atoms with Crippen molar-refractivity contribution < 1.29 is 14.0 Å². The molecule has 1 aromatic heterocycles. The lowest BCUT2D eigenvalue weighted by Gasteiger charge is -2.33. The first-order valence-electron chi connectivity index (χ1n) is 10.4. The minimum Gasteiger partial charge on any atom is -0.469 e. The molecule has 3 rings (SSSR count). The summed E-state index contributed by atoms with van der Waals surface area (Å²) in [7, 11) is 0. The van der Waals surface area contributed by atoms with Gasteiger partial charge in [-0.1, -0.05) is 6.42 Å². The summed E-state index contributed by atoms with van der Waals surface area (Å²) in [5.41, 5.74) is 0.603. The maximum Gasteiger partial charge on any atom is 0.257 e. The Balaban J connectivity index is 1.41. The Morgan fingerprint density at radius 1 is 1.22 bits per heavy atom. The van der Waals surface area contributed by atoms with Gasteiger partial charge in [0.1, 0.15) is 5.76 Å². The van der Waals surface area contributed by atoms with Crippen LogP contribution in [0.15, 0.2) is 16.7 Å². The van der Waals surface area contributed by atoms with Crippen LogP contribution < -0.4 is 5.32 Å². The van der Waals surface area contributed by atoms with Gasteiger partial charge in [0.15, 0.2) is 0 Å². The van der Waals surface area contributed by atoms with Crippen molar-refractivity contribution in [3.63, 3.8) is 0 Å². The first-order valence-corrected chi connectivity index (χ1v) is 10.4. The standard InChI is InChI=1S/C21H33N3O3/c1-16-7-3-4-11-23(16)13-6-10-22-20(25)18-8-5-12-24(15-18)21(26)19-9-14-27-17(19)2/h9,14,16,18H,3-8,10-13,15H2,1-2H3,(H,22,25). The summed E-state index contributed by atoms with van der Waals surface area (Å²) in [6.07, 6.45) is 8.16. The van der Waals surface area contributed by atoms with Gasteiger partial charge in [0.05, 0.1) is 17.7 Å². The molecule has 1 N–H and O–H groups in total. The average Bonchev–Trinajstić information content (AvgIpc) is 3.11. The van der Waals surface area contributed by atoms with E-state index in [4.69, 9.17) is 4.42 Å². The van der Waals surface area contributed by atoms with Crippen molar-refractivity contribution in [2.24, 2.45) is 5.92 Å². The van der Waals surface area contributed by atoms with Crippen molar-refractivity contribution >= 4 is 11.8 Å². The van der Waals surface area contributed by atoms with Crippen LogP contribution in [0.4, 0.5) is 0 Å². The number of piperidine rings is 2. The highest BCUT2D eigenvalue weighted by atomic mass is 16.3. The Bertz CT molecular complexity index is 642. The fraction of sp³-hybridized carbons (Fsp3) is 0.714. The predicted molar refractivity (Wildman–Crippen MR) is 105 cm³/mol. The number of hydrogen-bond donors (Lipinski definition) is 1. The summed E-state index contributed by atoms with van der Waals surface area (Å²) in [6.45, 7) is 8.25. The smallest absolute Gasteiger partial charge is 0.257 e. The second-order valence-electron chi connectivity index (χ2n) is 8.01. The van der Waals surface area contributed by atoms with Crippen LogP contribution in [0.3, 0.4) is 0 Å². The van der Waals surface area contributed by atoms with E-state index in [0.717, 1.165) is 25.8 Å². The molecule has 2 atom stereocenters. The predicted octanol–water partition coefficient (Wildman–Crippen LogP) is 2.82. The van der Waals surface area contributed by atoms with Crippen LogP contribution in [0, 0.1) is 12.8 Å². The summed E-state index contributed by atoms with van der Waals surface area (Å²) in [5, 5.41) is 3.09. The number of likely N-dealkylation sites (tertiary alicyclic amines) is 2. The molecule has 150 valence electrons. The lowest BCUT2D eigenvalue weighted by atomic mass is 9.96. The zero-order valence-corrected chi connectivity index (χ0v) is 16.7. The Kier molecular flexibility index (Phi) is 6.94. The van der Waals surface area contributed by atoms with Crippen molar-refractivity contribution in [1.82, 2.24) is 15.1 Å². The third kappa shape index (κ3) is 5.12. The van der Waals surface area contributed by atoms with E-state index >= 15 is 0 Å². The highest BCUT2D eigenvalue weighted by molar-refractivity contribution is 5.95. The van der Waals surface area contributed by atoms with E-state index in [1.54, 1.807) is 24.2 Å². The van der Waals surface area contributed by atoms with Crippen LogP contribution in [0.1, 0.15) is 61.6 Å². The molecular formula is C21H33N3O3. The number of aryl methyl sites for hydroxylation is 1. The minimum atomic E-state index is -0.108. The van der Waals surface area contributed by atoms with Crippen molar-refractivity contribution in [3.8, 4) is 0 Å². The maximum atomic E-state index is 12.6. The number of carbonyl (C=O) groups excluding carboxylic acids is 2. The zero-order valence-electron chi connectivity index (χ0n) is 16.7. The van der Waals surface area contributed by atoms with Crippen LogP contribution in [0.5, 0.6) is 0 Å². The Hall–Kier alpha value is -1.82. The summed E-state index contributed by atoms with van der Waals surface area (Å²) < 4.78 is 5.24. The molecule has 1 aromatic rings. The van der Waals surface area contributed by atoms with E-state index in [0.29, 0.717) is 37.0 Å². The number of furan rings is 1. The van der Waals surface area contributed by atoms with Crippen LogP contribution >= 0.6 is 0 Å². The van der Waals surface area contributed by atoms with Gasteiger partial charge in [-0.25, -0.2) is 0 Å². The maximum absolute atomic E-state index is 12.6. The summed E-state index contributed by atoms with van der Waals surface area (Å²) in [4.78, 5) is 29.5. The Morgan fingerprint density at radius 3 is 2.81 bits per heavy atom. The Labute approximate surface area is 162 Å². The molecular weight excluding hydrogens is 342 g/mol. The van der Waals surface area contributed by atoms with Crippen LogP contribution in [0.2, 0.25) is 0 Å². The second-order valence-corrected chi connectivity index (χ2v) is 8.01. The molecule has 6 heteroatoms. The number of amides is 2. The van der Waals surface area contributed by atoms with E-state index in [1.807, 2.05) is 0 Å². The highest BCUT2D eigenvalue weighted by Gasteiger charge is 2.29. The number of nitrogens with one attached hydrogen (secondary N) is 1. The van der Waals surface area contributed by atoms with Gasteiger partial charge < -0.3 is 19.5 Å². The van der Waals surface area contributed by atoms with E-state index in [9.17, 15) is 9.59 Å². The van der Waals surface area contributed by atoms with Crippen LogP contribution in [-0.4, -0.2) is 60.4 Å². The third-order valence-corrected chi connectivity index (χ3v) is 6.03. The van der Waals surface area contributed by atoms with E-state index in [2.05, 4.69) is 17.1 Å². The third-order valence-electron chi connectivity index (χ3n) is 6.03. The zero-order chi connectivity index (χ0) is 19.2. The van der Waals surface area contributed by atoms with Crippen molar-refractivity contribution in [2.75, 3.05) is 32.7 Å². The molecule has 2 aliphatic rings. The number of rotatable bonds is 6. The lowest BCUT2D eigenvalue weighted by Crippen LogP contribution is -2.46. The molecule has 0 aliphatic carbocycles. The summed E-state index contributed by atoms with van der Waals surface area (Å²) in [5.74, 6) is 0.586. The quantitative estimate of drug-likeness (QED) is 0.777. The molecule has 2 unspecified atom stereocenters. The number of nitrogens with zero attached hydrogens (tertiary/aromatic N) is 2. The van der Waals surface area contributed by atoms with E-state index in [-0.39, 0.29) is 17.7 Å². The molecule has 0 aromatic carbocycles. The van der Waals surface area contributed by atoms with Gasteiger partial charge in [-0.3, -0.25) is 9.59 Å². The lowest BCUT2D eigenvalue weighted by molar-refractivity contribution is -0.126. The van der Waals surface area contributed by atoms with Gasteiger partial charge >= 0.3 is 0 Å². The fourth-order valence-corrected chi connectivity index (χ4v) is 4.28. The fourth-order valence-electron chi connectivity index (χ4n) is 4.28. The average molecular weight is 376 g/mol. The first-order chi connectivity index (χ1) is 13.1. The minimum absolute atomic E-state index is 0.0298. The molecule has 0 spiro atoms. The van der Waals surface area contributed by atoms with Crippen molar-refractivity contribution in [2.45, 2.75) is 58.4 Å². The molecule has 2 saturated heterocycles. The van der Waals surface area contributed by atoms with Crippen LogP contribution in [-0.2, 0) is 4.79 Å². The van der Waals surface area contributed by atoms with Gasteiger partial charge in [0.2, 0.25) is 5.91 Å². The van der Waals surface area contributed by atoms with Crippen molar-refractivity contribution in [3.05, 3.63) is 23.7 Å². The molecule has 2 aliphatic heterocycles.